The molecule has 6 rings (SSSR count). The molecular formula is C28H27N7. The Labute approximate surface area is 204 Å². The zero-order chi connectivity index (χ0) is 23.6. The normalized spacial score (nSPS) is 13.9. The number of para-hydroxylation sites is 4. The Morgan fingerprint density at radius 1 is 0.657 bits per heavy atom. The molecule has 1 N–H and O–H groups in total. The highest BCUT2D eigenvalue weighted by atomic mass is 15.4. The van der Waals surface area contributed by atoms with Crippen molar-refractivity contribution >= 4 is 34.2 Å². The van der Waals surface area contributed by atoms with Gasteiger partial charge in [-0.3, -0.25) is 0 Å². The molecule has 0 atom stereocenters. The summed E-state index contributed by atoms with van der Waals surface area (Å²) in [7, 11) is 0. The molecule has 5 aromatic rings. The Bertz CT molecular complexity index is 1440. The van der Waals surface area contributed by atoms with Gasteiger partial charge in [0.15, 0.2) is 11.6 Å². The van der Waals surface area contributed by atoms with Gasteiger partial charge in [0.2, 0.25) is 0 Å². The number of anilines is 4. The van der Waals surface area contributed by atoms with E-state index >= 15 is 0 Å². The molecule has 0 spiro atoms. The second-order valence-corrected chi connectivity index (χ2v) is 8.74. The largest absolute Gasteiger partial charge is 0.368 e. The van der Waals surface area contributed by atoms with Crippen LogP contribution in [0.4, 0.5) is 23.1 Å². The molecule has 0 unspecified atom stereocenters. The number of piperazine rings is 1. The van der Waals surface area contributed by atoms with Crippen molar-refractivity contribution in [2.45, 2.75) is 6.92 Å². The summed E-state index contributed by atoms with van der Waals surface area (Å²) in [5.41, 5.74) is 4.95. The SMILES string of the molecule is Cc1cc(Nc2nc3ccccc3nc2N2CCN(c3ccccc3)CC2)n(-c2ccccc2)n1. The predicted molar refractivity (Wildman–Crippen MR) is 142 cm³/mol. The summed E-state index contributed by atoms with van der Waals surface area (Å²) in [6.07, 6.45) is 0. The van der Waals surface area contributed by atoms with Crippen molar-refractivity contribution in [3.05, 3.63) is 96.7 Å². The quantitative estimate of drug-likeness (QED) is 0.388. The van der Waals surface area contributed by atoms with Gasteiger partial charge in [0, 0.05) is 37.9 Å². The number of nitrogens with one attached hydrogen (secondary N) is 1. The Hall–Kier alpha value is -4.39. The lowest BCUT2D eigenvalue weighted by Crippen LogP contribution is -2.47. The molecule has 2 aromatic heterocycles. The Balaban J connectivity index is 1.35. The highest BCUT2D eigenvalue weighted by Gasteiger charge is 2.23. The van der Waals surface area contributed by atoms with E-state index in [1.165, 1.54) is 5.69 Å². The Morgan fingerprint density at radius 2 is 1.23 bits per heavy atom. The molecule has 1 aliphatic heterocycles. The van der Waals surface area contributed by atoms with E-state index < -0.39 is 0 Å². The number of hydrogen-bond donors (Lipinski definition) is 1. The molecule has 3 heterocycles. The highest BCUT2D eigenvalue weighted by Crippen LogP contribution is 2.30. The lowest BCUT2D eigenvalue weighted by atomic mass is 10.2. The van der Waals surface area contributed by atoms with E-state index in [0.29, 0.717) is 0 Å². The van der Waals surface area contributed by atoms with Crippen LogP contribution in [0.5, 0.6) is 0 Å². The molecule has 0 radical (unpaired) electrons. The van der Waals surface area contributed by atoms with Gasteiger partial charge in [0.1, 0.15) is 5.82 Å². The minimum absolute atomic E-state index is 0.744. The summed E-state index contributed by atoms with van der Waals surface area (Å²) in [6.45, 7) is 5.60. The lowest BCUT2D eigenvalue weighted by Gasteiger charge is -2.37. The molecule has 0 saturated carbocycles. The van der Waals surface area contributed by atoms with Gasteiger partial charge < -0.3 is 15.1 Å². The smallest absolute Gasteiger partial charge is 0.175 e. The van der Waals surface area contributed by atoms with Crippen LogP contribution in [0.25, 0.3) is 16.7 Å². The van der Waals surface area contributed by atoms with Crippen molar-refractivity contribution < 1.29 is 0 Å². The molecule has 35 heavy (non-hydrogen) atoms. The number of fused-ring (bicyclic) bond motifs is 1. The van der Waals surface area contributed by atoms with E-state index in [1.807, 2.05) is 72.3 Å². The predicted octanol–water partition coefficient (Wildman–Crippen LogP) is 5.19. The van der Waals surface area contributed by atoms with Crippen molar-refractivity contribution in [3.63, 3.8) is 0 Å². The number of nitrogens with zero attached hydrogens (tertiary/aromatic N) is 6. The Morgan fingerprint density at radius 3 is 1.91 bits per heavy atom. The molecule has 0 amide bonds. The van der Waals surface area contributed by atoms with Gasteiger partial charge in [-0.1, -0.05) is 48.5 Å². The summed E-state index contributed by atoms with van der Waals surface area (Å²) in [5.74, 6) is 2.48. The monoisotopic (exact) mass is 461 g/mol. The molecule has 0 aliphatic carbocycles. The highest BCUT2D eigenvalue weighted by molar-refractivity contribution is 5.82. The minimum atomic E-state index is 0.744. The third kappa shape index (κ3) is 4.28. The average molecular weight is 462 g/mol. The summed E-state index contributed by atoms with van der Waals surface area (Å²) >= 11 is 0. The summed E-state index contributed by atoms with van der Waals surface area (Å²) in [6, 6.07) is 30.8. The number of rotatable bonds is 5. The van der Waals surface area contributed by atoms with Crippen LogP contribution < -0.4 is 15.1 Å². The fourth-order valence-electron chi connectivity index (χ4n) is 4.59. The Kier molecular flexibility index (Phi) is 5.50. The first kappa shape index (κ1) is 21.2. The zero-order valence-electron chi connectivity index (χ0n) is 19.7. The number of aromatic nitrogens is 4. The van der Waals surface area contributed by atoms with Crippen LogP contribution in [0.2, 0.25) is 0 Å². The maximum atomic E-state index is 5.05. The summed E-state index contributed by atoms with van der Waals surface area (Å²) in [5, 5.41) is 8.28. The van der Waals surface area contributed by atoms with Crippen molar-refractivity contribution in [3.8, 4) is 5.69 Å². The summed E-state index contributed by atoms with van der Waals surface area (Å²) < 4.78 is 1.92. The molecule has 3 aromatic carbocycles. The molecule has 1 aliphatic rings. The first-order valence-corrected chi connectivity index (χ1v) is 12.0. The van der Waals surface area contributed by atoms with Crippen LogP contribution in [-0.4, -0.2) is 45.9 Å². The number of aryl methyl sites for hydroxylation is 1. The third-order valence-corrected chi connectivity index (χ3v) is 6.33. The lowest BCUT2D eigenvalue weighted by molar-refractivity contribution is 0.648. The third-order valence-electron chi connectivity index (χ3n) is 6.33. The number of benzene rings is 3. The molecule has 7 nitrogen and oxygen atoms in total. The second-order valence-electron chi connectivity index (χ2n) is 8.74. The first-order chi connectivity index (χ1) is 17.2. The van der Waals surface area contributed by atoms with Crippen LogP contribution in [-0.2, 0) is 0 Å². The fraction of sp³-hybridized carbons (Fsp3) is 0.179. The first-order valence-electron chi connectivity index (χ1n) is 12.0. The standard InChI is InChI=1S/C28H27N7/c1-21-20-26(35(32-21)23-12-6-3-7-13-23)31-27-28(30-25-15-9-8-14-24(25)29-27)34-18-16-33(17-19-34)22-10-4-2-5-11-22/h2-15,20H,16-19H2,1H3,(H,29,31). The van der Waals surface area contributed by atoms with E-state index in [-0.39, 0.29) is 0 Å². The zero-order valence-corrected chi connectivity index (χ0v) is 19.7. The molecule has 1 fully saturated rings. The fourth-order valence-corrected chi connectivity index (χ4v) is 4.59. The minimum Gasteiger partial charge on any atom is -0.368 e. The summed E-state index contributed by atoms with van der Waals surface area (Å²) in [4.78, 5) is 14.8. The van der Waals surface area contributed by atoms with E-state index in [1.54, 1.807) is 0 Å². The van der Waals surface area contributed by atoms with Crippen LogP contribution in [0.3, 0.4) is 0 Å². The van der Waals surface area contributed by atoms with Crippen molar-refractivity contribution in [2.24, 2.45) is 0 Å². The van der Waals surface area contributed by atoms with Crippen molar-refractivity contribution in [1.29, 1.82) is 0 Å². The van der Waals surface area contributed by atoms with E-state index in [9.17, 15) is 0 Å². The van der Waals surface area contributed by atoms with Gasteiger partial charge in [-0.05, 0) is 43.3 Å². The van der Waals surface area contributed by atoms with Crippen LogP contribution in [0.15, 0.2) is 91.0 Å². The second kappa shape index (κ2) is 9.10. The maximum Gasteiger partial charge on any atom is 0.175 e. The van der Waals surface area contributed by atoms with Gasteiger partial charge in [0.05, 0.1) is 22.4 Å². The number of hydrogen-bond acceptors (Lipinski definition) is 6. The van der Waals surface area contributed by atoms with Crippen molar-refractivity contribution in [2.75, 3.05) is 41.3 Å². The molecule has 1 saturated heterocycles. The molecule has 174 valence electrons. The van der Waals surface area contributed by atoms with E-state index in [2.05, 4.69) is 45.4 Å². The topological polar surface area (TPSA) is 62.1 Å². The van der Waals surface area contributed by atoms with Crippen molar-refractivity contribution in [1.82, 2.24) is 19.7 Å². The van der Waals surface area contributed by atoms with Gasteiger partial charge >= 0.3 is 0 Å². The van der Waals surface area contributed by atoms with Gasteiger partial charge in [0.25, 0.3) is 0 Å². The van der Waals surface area contributed by atoms with E-state index in [0.717, 1.165) is 66.0 Å². The maximum absolute atomic E-state index is 5.05. The van der Waals surface area contributed by atoms with Crippen LogP contribution in [0.1, 0.15) is 5.69 Å². The molecular weight excluding hydrogens is 434 g/mol. The molecule has 7 heteroatoms. The van der Waals surface area contributed by atoms with E-state index in [4.69, 9.17) is 15.1 Å². The van der Waals surface area contributed by atoms with Crippen LogP contribution in [0, 0.1) is 6.92 Å². The van der Waals surface area contributed by atoms with Gasteiger partial charge in [-0.25, -0.2) is 14.6 Å². The van der Waals surface area contributed by atoms with Gasteiger partial charge in [-0.2, -0.15) is 5.10 Å². The van der Waals surface area contributed by atoms with Gasteiger partial charge in [-0.15, -0.1) is 0 Å². The average Bonchev–Trinajstić information content (AvgIpc) is 3.29. The molecule has 0 bridgehead atoms. The van der Waals surface area contributed by atoms with Crippen LogP contribution >= 0.6 is 0 Å².